The topological polar surface area (TPSA) is 136 Å². The number of nitrogens with zero attached hydrogens (tertiary/aromatic N) is 2. The van der Waals surface area contributed by atoms with Gasteiger partial charge in [-0.25, -0.2) is 22.9 Å². The lowest BCUT2D eigenvalue weighted by Gasteiger charge is -2.14. The van der Waals surface area contributed by atoms with E-state index in [4.69, 9.17) is 5.73 Å². The zero-order valence-corrected chi connectivity index (χ0v) is 23.9. The smallest absolute Gasteiger partial charge is 0.328 e. The van der Waals surface area contributed by atoms with Crippen molar-refractivity contribution in [2.24, 2.45) is 5.73 Å². The van der Waals surface area contributed by atoms with Crippen molar-refractivity contribution in [2.45, 2.75) is 42.8 Å². The van der Waals surface area contributed by atoms with E-state index >= 15 is 0 Å². The summed E-state index contributed by atoms with van der Waals surface area (Å²) in [5.74, 6) is 0.257. The first-order chi connectivity index (χ1) is 19.2. The number of urea groups is 1. The summed E-state index contributed by atoms with van der Waals surface area (Å²) in [6.45, 7) is 2.63. The normalized spacial score (nSPS) is 11.2. The Morgan fingerprint density at radius 3 is 2.27 bits per heavy atom. The molecule has 0 bridgehead atoms. The number of nitrogens with one attached hydrogen (secondary N) is 2. The fourth-order valence-corrected chi connectivity index (χ4v) is 6.10. The van der Waals surface area contributed by atoms with Crippen LogP contribution in [0.1, 0.15) is 40.8 Å². The molecule has 0 atom stereocenters. The summed E-state index contributed by atoms with van der Waals surface area (Å²) in [5.41, 5.74) is 8.93. The van der Waals surface area contributed by atoms with Crippen LogP contribution in [-0.2, 0) is 29.5 Å². The molecule has 4 rings (SSSR count). The Labute approximate surface area is 238 Å². The molecule has 208 valence electrons. The second-order valence-electron chi connectivity index (χ2n) is 9.05. The van der Waals surface area contributed by atoms with Crippen LogP contribution in [0.4, 0.5) is 4.79 Å². The van der Waals surface area contributed by atoms with E-state index in [1.807, 2.05) is 72.3 Å². The molecule has 40 heavy (non-hydrogen) atoms. The highest BCUT2D eigenvalue weighted by atomic mass is 32.2. The van der Waals surface area contributed by atoms with Crippen LogP contribution in [0.25, 0.3) is 11.1 Å². The molecule has 3 aromatic carbocycles. The molecular weight excluding hydrogens is 546 g/mol. The lowest BCUT2D eigenvalue weighted by Crippen LogP contribution is -2.39. The largest absolute Gasteiger partial charge is 0.364 e. The second-order valence-corrected chi connectivity index (χ2v) is 11.5. The lowest BCUT2D eigenvalue weighted by atomic mass is 10.0. The zero-order chi connectivity index (χ0) is 28.7. The van der Waals surface area contributed by atoms with Crippen LogP contribution in [0, 0.1) is 0 Å². The van der Waals surface area contributed by atoms with E-state index < -0.39 is 22.0 Å². The van der Waals surface area contributed by atoms with Gasteiger partial charge < -0.3 is 15.6 Å². The van der Waals surface area contributed by atoms with Gasteiger partial charge in [0, 0.05) is 25.1 Å². The molecule has 1 aromatic heterocycles. The summed E-state index contributed by atoms with van der Waals surface area (Å²) in [5, 5.41) is 3.18. The van der Waals surface area contributed by atoms with Gasteiger partial charge in [-0.2, -0.15) is 0 Å². The number of hydrogen-bond acceptors (Lipinski definition) is 6. The van der Waals surface area contributed by atoms with Crippen molar-refractivity contribution in [3.63, 3.8) is 0 Å². The summed E-state index contributed by atoms with van der Waals surface area (Å²) in [7, 11) is -4.16. The highest BCUT2D eigenvalue weighted by Gasteiger charge is 2.23. The number of primary amides is 1. The number of sulfonamides is 1. The van der Waals surface area contributed by atoms with Crippen molar-refractivity contribution in [3.05, 3.63) is 102 Å². The number of aryl methyl sites for hydroxylation is 1. The Morgan fingerprint density at radius 1 is 0.950 bits per heavy atom. The van der Waals surface area contributed by atoms with Crippen molar-refractivity contribution >= 4 is 33.7 Å². The van der Waals surface area contributed by atoms with Crippen LogP contribution < -0.4 is 15.8 Å². The molecule has 4 N–H and O–H groups in total. The fourth-order valence-electron chi connectivity index (χ4n) is 4.34. The average molecular weight is 578 g/mol. The highest BCUT2D eigenvalue weighted by molar-refractivity contribution is 7.98. The van der Waals surface area contributed by atoms with Gasteiger partial charge >= 0.3 is 6.03 Å². The van der Waals surface area contributed by atoms with Crippen LogP contribution >= 0.6 is 11.8 Å². The van der Waals surface area contributed by atoms with Crippen LogP contribution in [0.3, 0.4) is 0 Å². The number of thioether (sulfide) groups is 1. The van der Waals surface area contributed by atoms with Crippen molar-refractivity contribution in [1.82, 2.24) is 19.6 Å². The first-order valence-corrected chi connectivity index (χ1v) is 15.4. The minimum atomic E-state index is -4.16. The van der Waals surface area contributed by atoms with Gasteiger partial charge in [0.15, 0.2) is 0 Å². The molecular formula is C29H31N5O4S2. The quantitative estimate of drug-likeness (QED) is 0.224. The second kappa shape index (κ2) is 12.8. The Bertz CT molecular complexity index is 1600. The number of nitrogens with two attached hydrogens (primary N) is 1. The van der Waals surface area contributed by atoms with Gasteiger partial charge in [-0.05, 0) is 35.4 Å². The molecule has 0 fully saturated rings. The maximum Gasteiger partial charge on any atom is 0.328 e. The van der Waals surface area contributed by atoms with E-state index in [0.29, 0.717) is 34.8 Å². The zero-order valence-electron chi connectivity index (χ0n) is 22.3. The maximum absolute atomic E-state index is 13.2. The third-order valence-corrected chi connectivity index (χ3v) is 8.28. The number of benzene rings is 3. The first kappa shape index (κ1) is 28.9. The Kier molecular flexibility index (Phi) is 9.28. The molecule has 3 amide bonds. The van der Waals surface area contributed by atoms with E-state index in [1.54, 1.807) is 18.2 Å². The first-order valence-electron chi connectivity index (χ1n) is 12.7. The number of rotatable bonds is 11. The molecule has 0 saturated carbocycles. The van der Waals surface area contributed by atoms with Gasteiger partial charge in [0.05, 0.1) is 4.90 Å². The number of imidazole rings is 1. The van der Waals surface area contributed by atoms with Gasteiger partial charge in [0.1, 0.15) is 16.5 Å². The molecule has 0 unspecified atom stereocenters. The van der Waals surface area contributed by atoms with Gasteiger partial charge in [-0.3, -0.25) is 4.79 Å². The van der Waals surface area contributed by atoms with Gasteiger partial charge in [-0.15, -0.1) is 11.8 Å². The van der Waals surface area contributed by atoms with Gasteiger partial charge in [0.25, 0.3) is 15.9 Å². The van der Waals surface area contributed by atoms with Crippen molar-refractivity contribution in [2.75, 3.05) is 6.26 Å². The maximum atomic E-state index is 13.2. The summed E-state index contributed by atoms with van der Waals surface area (Å²) in [4.78, 5) is 29.2. The Hall–Kier alpha value is -4.09. The molecule has 1 heterocycles. The molecule has 0 spiro atoms. The van der Waals surface area contributed by atoms with Crippen LogP contribution in [-0.4, -0.2) is 36.2 Å². The van der Waals surface area contributed by atoms with Crippen molar-refractivity contribution in [3.8, 4) is 11.1 Å². The van der Waals surface area contributed by atoms with E-state index in [-0.39, 0.29) is 11.4 Å². The predicted octanol–water partition coefficient (Wildman–Crippen LogP) is 4.56. The van der Waals surface area contributed by atoms with Crippen molar-refractivity contribution < 1.29 is 18.0 Å². The molecule has 0 saturated heterocycles. The number of hydrogen-bond donors (Lipinski definition) is 3. The third kappa shape index (κ3) is 6.72. The number of aromatic nitrogens is 2. The SMILES string of the molecule is CCCc1nc(SC)c(C(N)=O)n1Cc1ccc(-c2ccccc2S(=O)(=O)NC(=O)NCc2ccccc2)cc1. The minimum Gasteiger partial charge on any atom is -0.364 e. The molecule has 0 aliphatic heterocycles. The van der Waals surface area contributed by atoms with Crippen LogP contribution in [0.2, 0.25) is 0 Å². The van der Waals surface area contributed by atoms with Gasteiger partial charge in [0.2, 0.25) is 0 Å². The number of amides is 3. The monoisotopic (exact) mass is 577 g/mol. The van der Waals surface area contributed by atoms with Crippen LogP contribution in [0.5, 0.6) is 0 Å². The molecule has 4 aromatic rings. The molecule has 11 heteroatoms. The van der Waals surface area contributed by atoms with E-state index in [2.05, 4.69) is 15.0 Å². The van der Waals surface area contributed by atoms with E-state index in [1.165, 1.54) is 17.8 Å². The van der Waals surface area contributed by atoms with E-state index in [0.717, 1.165) is 23.4 Å². The highest BCUT2D eigenvalue weighted by Crippen LogP contribution is 2.28. The molecule has 9 nitrogen and oxygen atoms in total. The summed E-state index contributed by atoms with van der Waals surface area (Å²) < 4.78 is 30.3. The Balaban J connectivity index is 1.55. The molecule has 0 aliphatic rings. The lowest BCUT2D eigenvalue weighted by molar-refractivity contribution is 0.0988. The molecule has 0 aliphatic carbocycles. The fraction of sp³-hybridized carbons (Fsp3) is 0.207. The summed E-state index contributed by atoms with van der Waals surface area (Å²) in [6.07, 6.45) is 3.43. The van der Waals surface area contributed by atoms with Gasteiger partial charge in [-0.1, -0.05) is 79.7 Å². The standard InChI is InChI=1S/C29H31N5O4S2/c1-3-9-25-32-28(39-2)26(27(30)35)34(25)19-21-14-16-22(17-15-21)23-12-7-8-13-24(23)40(37,38)33-29(36)31-18-20-10-5-4-6-11-20/h4-8,10-17H,3,9,18-19H2,1-2H3,(H2,30,35)(H2,31,33,36). The third-order valence-electron chi connectivity index (χ3n) is 6.22. The summed E-state index contributed by atoms with van der Waals surface area (Å²) in [6, 6.07) is 22.3. The summed E-state index contributed by atoms with van der Waals surface area (Å²) >= 11 is 1.38. The number of carbonyl (C=O) groups is 2. The van der Waals surface area contributed by atoms with Crippen molar-refractivity contribution in [1.29, 1.82) is 0 Å². The number of carbonyl (C=O) groups excluding carboxylic acids is 2. The predicted molar refractivity (Wildman–Crippen MR) is 157 cm³/mol. The van der Waals surface area contributed by atoms with Crippen LogP contribution in [0.15, 0.2) is 88.8 Å². The minimum absolute atomic E-state index is 0.0157. The van der Waals surface area contributed by atoms with E-state index in [9.17, 15) is 18.0 Å². The average Bonchev–Trinajstić information content (AvgIpc) is 3.30. The Morgan fingerprint density at radius 2 is 1.62 bits per heavy atom. The molecule has 0 radical (unpaired) electrons.